The van der Waals surface area contributed by atoms with E-state index >= 15 is 0 Å². The van der Waals surface area contributed by atoms with Crippen molar-refractivity contribution < 1.29 is 4.21 Å². The van der Waals surface area contributed by atoms with Gasteiger partial charge in [0.15, 0.2) is 0 Å². The van der Waals surface area contributed by atoms with E-state index in [1.54, 1.807) is 0 Å². The van der Waals surface area contributed by atoms with Gasteiger partial charge in [-0.15, -0.1) is 0 Å². The first-order valence-electron chi connectivity index (χ1n) is 2.48. The number of rotatable bonds is 1. The van der Waals surface area contributed by atoms with Crippen molar-refractivity contribution in [2.45, 2.75) is 19.3 Å². The van der Waals surface area contributed by atoms with Gasteiger partial charge in [-0.05, 0) is 18.8 Å². The van der Waals surface area contributed by atoms with Crippen LogP contribution in [0.2, 0.25) is 0 Å². The maximum Gasteiger partial charge on any atom is 0.0936 e. The molecule has 0 aliphatic heterocycles. The Labute approximate surface area is 46.8 Å². The minimum absolute atomic E-state index is 0.486. The standard InChI is InChI=1S/C5H7OS/c6-7-4-5-2-1-3-5/h5H,1-3H2. The Hall–Kier alpha value is -0.110. The summed E-state index contributed by atoms with van der Waals surface area (Å²) in [7, 11) is 0. The molecule has 7 heavy (non-hydrogen) atoms. The third-order valence-electron chi connectivity index (χ3n) is 1.32. The Morgan fingerprint density at radius 1 is 1.57 bits per heavy atom. The van der Waals surface area contributed by atoms with Gasteiger partial charge in [-0.25, -0.2) is 4.21 Å². The van der Waals surface area contributed by atoms with E-state index in [2.05, 4.69) is 5.37 Å². The lowest BCUT2D eigenvalue weighted by atomic mass is 9.87. The molecule has 0 bridgehead atoms. The van der Waals surface area contributed by atoms with Crippen molar-refractivity contribution in [3.05, 3.63) is 0 Å². The molecular weight excluding hydrogens is 108 g/mol. The molecular formula is C5H7OS. The third kappa shape index (κ3) is 1.13. The van der Waals surface area contributed by atoms with E-state index in [1.165, 1.54) is 19.3 Å². The van der Waals surface area contributed by atoms with Crippen molar-refractivity contribution in [3.63, 3.8) is 0 Å². The lowest BCUT2D eigenvalue weighted by Gasteiger charge is -2.18. The zero-order valence-corrected chi connectivity index (χ0v) is 4.83. The molecule has 0 heterocycles. The zero-order chi connectivity index (χ0) is 5.11. The Morgan fingerprint density at radius 3 is 2.43 bits per heavy atom. The molecule has 1 saturated carbocycles. The molecule has 0 N–H and O–H groups in total. The molecule has 0 amide bonds. The van der Waals surface area contributed by atoms with E-state index < -0.39 is 0 Å². The van der Waals surface area contributed by atoms with Gasteiger partial charge in [0.1, 0.15) is 0 Å². The lowest BCUT2D eigenvalue weighted by molar-refractivity contribution is 0.424. The largest absolute Gasteiger partial charge is 0.212 e. The summed E-state index contributed by atoms with van der Waals surface area (Å²) in [6, 6.07) is 0. The molecule has 0 aromatic carbocycles. The normalized spacial score (nSPS) is 20.6. The van der Waals surface area contributed by atoms with E-state index in [0.717, 1.165) is 0 Å². The summed E-state index contributed by atoms with van der Waals surface area (Å²) in [5.41, 5.74) is 0. The Balaban J connectivity index is 2.27. The summed E-state index contributed by atoms with van der Waals surface area (Å²) in [5.74, 6) is 0.530. The minimum atomic E-state index is 0.486. The third-order valence-corrected chi connectivity index (χ3v) is 1.75. The zero-order valence-electron chi connectivity index (χ0n) is 4.02. The Morgan fingerprint density at radius 2 is 2.29 bits per heavy atom. The highest BCUT2D eigenvalue weighted by molar-refractivity contribution is 7.64. The molecule has 1 aliphatic carbocycles. The molecule has 1 nitrogen and oxygen atoms in total. The van der Waals surface area contributed by atoms with Crippen LogP contribution in [-0.4, -0.2) is 9.58 Å². The van der Waals surface area contributed by atoms with Crippen LogP contribution < -0.4 is 0 Å². The van der Waals surface area contributed by atoms with Gasteiger partial charge in [0.05, 0.1) is 16.6 Å². The summed E-state index contributed by atoms with van der Waals surface area (Å²) >= 11 is 0.486. The molecule has 1 aliphatic rings. The van der Waals surface area contributed by atoms with Gasteiger partial charge in [0.2, 0.25) is 0 Å². The molecule has 0 unspecified atom stereocenters. The van der Waals surface area contributed by atoms with E-state index in [0.29, 0.717) is 17.2 Å². The van der Waals surface area contributed by atoms with Gasteiger partial charge in [0, 0.05) is 0 Å². The average Bonchev–Trinajstić information content (AvgIpc) is 1.55. The first kappa shape index (κ1) is 5.04. The van der Waals surface area contributed by atoms with Crippen molar-refractivity contribution >= 4 is 16.6 Å². The van der Waals surface area contributed by atoms with Gasteiger partial charge in [-0.2, -0.15) is 0 Å². The van der Waals surface area contributed by atoms with Crippen LogP contribution in [0.15, 0.2) is 0 Å². The molecule has 1 radical (unpaired) electrons. The van der Waals surface area contributed by atoms with Crippen molar-refractivity contribution in [1.82, 2.24) is 0 Å². The molecule has 0 aromatic rings. The van der Waals surface area contributed by atoms with E-state index in [9.17, 15) is 4.21 Å². The highest BCUT2D eigenvalue weighted by Gasteiger charge is 2.14. The fraction of sp³-hybridized carbons (Fsp3) is 0.800. The van der Waals surface area contributed by atoms with Crippen LogP contribution in [0.5, 0.6) is 0 Å². The minimum Gasteiger partial charge on any atom is -0.212 e. The molecule has 0 saturated heterocycles. The van der Waals surface area contributed by atoms with Gasteiger partial charge in [-0.3, -0.25) is 0 Å². The summed E-state index contributed by atoms with van der Waals surface area (Å²) in [4.78, 5) is 0. The summed E-state index contributed by atoms with van der Waals surface area (Å²) < 4.78 is 9.74. The van der Waals surface area contributed by atoms with Crippen molar-refractivity contribution in [2.75, 3.05) is 0 Å². The first-order chi connectivity index (χ1) is 3.43. The summed E-state index contributed by atoms with van der Waals surface area (Å²) in [5, 5.41) is 2.74. The molecule has 39 valence electrons. The van der Waals surface area contributed by atoms with E-state index in [4.69, 9.17) is 0 Å². The average molecular weight is 115 g/mol. The molecule has 0 spiro atoms. The predicted octanol–water partition coefficient (Wildman–Crippen LogP) is 0.679. The Kier molecular flexibility index (Phi) is 1.63. The van der Waals surface area contributed by atoms with Crippen molar-refractivity contribution in [2.24, 2.45) is 5.92 Å². The van der Waals surface area contributed by atoms with Gasteiger partial charge < -0.3 is 0 Å². The van der Waals surface area contributed by atoms with Crippen LogP contribution in [0.1, 0.15) is 19.3 Å². The maximum atomic E-state index is 9.74. The summed E-state index contributed by atoms with van der Waals surface area (Å²) in [6.07, 6.45) is 3.67. The lowest BCUT2D eigenvalue weighted by Crippen LogP contribution is -2.11. The fourth-order valence-corrected chi connectivity index (χ4v) is 0.966. The highest BCUT2D eigenvalue weighted by Crippen LogP contribution is 2.23. The second-order valence-electron chi connectivity index (χ2n) is 1.83. The Bertz CT molecular complexity index is 101. The smallest absolute Gasteiger partial charge is 0.0936 e. The quantitative estimate of drug-likeness (QED) is 0.459. The maximum absolute atomic E-state index is 9.74. The van der Waals surface area contributed by atoms with Crippen LogP contribution in [0.3, 0.4) is 0 Å². The number of hydrogen-bond donors (Lipinski definition) is 0. The van der Waals surface area contributed by atoms with Gasteiger partial charge in [-0.1, -0.05) is 6.42 Å². The SMILES string of the molecule is O=S=[C]C1CCC1. The molecule has 2 heteroatoms. The molecule has 0 aromatic heterocycles. The van der Waals surface area contributed by atoms with Crippen LogP contribution in [-0.2, 0) is 11.3 Å². The highest BCUT2D eigenvalue weighted by atomic mass is 32.1. The van der Waals surface area contributed by atoms with E-state index in [-0.39, 0.29) is 0 Å². The fourth-order valence-electron chi connectivity index (χ4n) is 0.594. The van der Waals surface area contributed by atoms with Crippen LogP contribution in [0.4, 0.5) is 0 Å². The van der Waals surface area contributed by atoms with Gasteiger partial charge >= 0.3 is 0 Å². The van der Waals surface area contributed by atoms with Crippen molar-refractivity contribution in [1.29, 1.82) is 0 Å². The number of hydrogen-bond acceptors (Lipinski definition) is 1. The molecule has 1 fully saturated rings. The summed E-state index contributed by atoms with van der Waals surface area (Å²) in [6.45, 7) is 0. The monoisotopic (exact) mass is 115 g/mol. The van der Waals surface area contributed by atoms with Crippen molar-refractivity contribution in [3.8, 4) is 0 Å². The van der Waals surface area contributed by atoms with Crippen LogP contribution >= 0.6 is 0 Å². The molecule has 0 atom stereocenters. The van der Waals surface area contributed by atoms with E-state index in [1.807, 2.05) is 0 Å². The predicted molar refractivity (Wildman–Crippen MR) is 30.5 cm³/mol. The topological polar surface area (TPSA) is 17.1 Å². The molecule has 1 rings (SSSR count). The second kappa shape index (κ2) is 2.26. The first-order valence-corrected chi connectivity index (χ1v) is 3.22. The second-order valence-corrected chi connectivity index (χ2v) is 2.23. The van der Waals surface area contributed by atoms with Gasteiger partial charge in [0.25, 0.3) is 0 Å². The van der Waals surface area contributed by atoms with Crippen LogP contribution in [0, 0.1) is 5.92 Å². The van der Waals surface area contributed by atoms with Crippen LogP contribution in [0.25, 0.3) is 0 Å².